The second-order valence-electron chi connectivity index (χ2n) is 5.75. The normalized spacial score (nSPS) is 13.0. The third-order valence-corrected chi connectivity index (χ3v) is 5.36. The van der Waals surface area contributed by atoms with E-state index in [2.05, 4.69) is 4.72 Å². The Kier molecular flexibility index (Phi) is 6.64. The SMILES string of the molecule is CCC(O)CCCNS(=O)(=O)c1ccc(-c2cc(F)ccc2F)cc1. The summed E-state index contributed by atoms with van der Waals surface area (Å²) in [6, 6.07) is 8.70. The number of halogens is 2. The largest absolute Gasteiger partial charge is 0.393 e. The highest BCUT2D eigenvalue weighted by Gasteiger charge is 2.14. The number of aliphatic hydroxyl groups is 1. The molecule has 0 aliphatic rings. The van der Waals surface area contributed by atoms with Crippen molar-refractivity contribution in [2.24, 2.45) is 0 Å². The van der Waals surface area contributed by atoms with Crippen LogP contribution in [0.2, 0.25) is 0 Å². The zero-order valence-corrected chi connectivity index (χ0v) is 14.7. The molecule has 4 nitrogen and oxygen atoms in total. The van der Waals surface area contributed by atoms with Gasteiger partial charge < -0.3 is 5.11 Å². The first-order valence-electron chi connectivity index (χ1n) is 8.06. The number of rotatable bonds is 8. The van der Waals surface area contributed by atoms with Crippen molar-refractivity contribution in [1.82, 2.24) is 4.72 Å². The molecule has 25 heavy (non-hydrogen) atoms. The molecule has 0 aliphatic heterocycles. The summed E-state index contributed by atoms with van der Waals surface area (Å²) in [7, 11) is -3.68. The van der Waals surface area contributed by atoms with Crippen molar-refractivity contribution in [3.05, 3.63) is 54.1 Å². The molecule has 2 rings (SSSR count). The van der Waals surface area contributed by atoms with Crippen molar-refractivity contribution < 1.29 is 22.3 Å². The Bertz CT molecular complexity index is 808. The first-order chi connectivity index (χ1) is 11.8. The summed E-state index contributed by atoms with van der Waals surface area (Å²) in [6.45, 7) is 2.08. The molecule has 0 amide bonds. The molecule has 0 saturated carbocycles. The molecule has 0 aliphatic carbocycles. The van der Waals surface area contributed by atoms with Gasteiger partial charge in [0.1, 0.15) is 11.6 Å². The molecule has 7 heteroatoms. The van der Waals surface area contributed by atoms with Crippen LogP contribution >= 0.6 is 0 Å². The van der Waals surface area contributed by atoms with Crippen molar-refractivity contribution >= 4 is 10.0 Å². The maximum atomic E-state index is 13.8. The Morgan fingerprint density at radius 1 is 1.12 bits per heavy atom. The van der Waals surface area contributed by atoms with Gasteiger partial charge in [-0.2, -0.15) is 0 Å². The molecule has 136 valence electrons. The number of benzene rings is 2. The topological polar surface area (TPSA) is 66.4 Å². The van der Waals surface area contributed by atoms with E-state index in [1.807, 2.05) is 6.92 Å². The van der Waals surface area contributed by atoms with E-state index in [-0.39, 0.29) is 17.0 Å². The van der Waals surface area contributed by atoms with Gasteiger partial charge in [-0.25, -0.2) is 21.9 Å². The molecule has 0 heterocycles. The minimum Gasteiger partial charge on any atom is -0.393 e. The minimum atomic E-state index is -3.68. The minimum absolute atomic E-state index is 0.0455. The molecule has 0 fully saturated rings. The van der Waals surface area contributed by atoms with Gasteiger partial charge in [-0.05, 0) is 55.2 Å². The number of hydrogen-bond donors (Lipinski definition) is 2. The van der Waals surface area contributed by atoms with Crippen LogP contribution in [0.25, 0.3) is 11.1 Å². The van der Waals surface area contributed by atoms with Gasteiger partial charge >= 0.3 is 0 Å². The maximum Gasteiger partial charge on any atom is 0.240 e. The van der Waals surface area contributed by atoms with E-state index in [4.69, 9.17) is 0 Å². The third kappa shape index (κ3) is 5.32. The fourth-order valence-electron chi connectivity index (χ4n) is 2.36. The number of sulfonamides is 1. The van der Waals surface area contributed by atoms with Crippen molar-refractivity contribution in [3.63, 3.8) is 0 Å². The van der Waals surface area contributed by atoms with Crippen LogP contribution in [-0.2, 0) is 10.0 Å². The standard InChI is InChI=1S/C18H21F2NO3S/c1-2-15(22)4-3-11-21-25(23,24)16-8-5-13(6-9-16)17-12-14(19)7-10-18(17)20/h5-10,12,15,21-22H,2-4,11H2,1H3. The lowest BCUT2D eigenvalue weighted by molar-refractivity contribution is 0.158. The fourth-order valence-corrected chi connectivity index (χ4v) is 3.44. The van der Waals surface area contributed by atoms with Crippen LogP contribution < -0.4 is 4.72 Å². The summed E-state index contributed by atoms with van der Waals surface area (Å²) >= 11 is 0. The molecule has 1 unspecified atom stereocenters. The molecule has 2 N–H and O–H groups in total. The van der Waals surface area contributed by atoms with Gasteiger partial charge in [0.25, 0.3) is 0 Å². The van der Waals surface area contributed by atoms with E-state index in [0.29, 0.717) is 24.8 Å². The van der Waals surface area contributed by atoms with Crippen LogP contribution in [0, 0.1) is 11.6 Å². The van der Waals surface area contributed by atoms with Gasteiger partial charge in [-0.1, -0.05) is 19.1 Å². The summed E-state index contributed by atoms with van der Waals surface area (Å²) in [5.41, 5.74) is 0.465. The molecule has 0 radical (unpaired) electrons. The van der Waals surface area contributed by atoms with Gasteiger partial charge in [0, 0.05) is 12.1 Å². The smallest absolute Gasteiger partial charge is 0.240 e. The number of nitrogens with one attached hydrogen (secondary N) is 1. The van der Waals surface area contributed by atoms with Gasteiger partial charge in [-0.15, -0.1) is 0 Å². The molecule has 1 atom stereocenters. The second-order valence-corrected chi connectivity index (χ2v) is 7.52. The molecule has 2 aromatic rings. The summed E-state index contributed by atoms with van der Waals surface area (Å²) in [6.07, 6.45) is 1.26. The third-order valence-electron chi connectivity index (χ3n) is 3.88. The molecule has 0 saturated heterocycles. The van der Waals surface area contributed by atoms with Crippen molar-refractivity contribution in [3.8, 4) is 11.1 Å². The van der Waals surface area contributed by atoms with Crippen LogP contribution in [0.1, 0.15) is 26.2 Å². The predicted octanol–water partition coefficient (Wildman–Crippen LogP) is 3.46. The molecule has 0 aromatic heterocycles. The van der Waals surface area contributed by atoms with E-state index in [1.54, 1.807) is 0 Å². The quantitative estimate of drug-likeness (QED) is 0.701. The first kappa shape index (κ1) is 19.5. The zero-order chi connectivity index (χ0) is 18.4. The van der Waals surface area contributed by atoms with E-state index in [1.165, 1.54) is 24.3 Å². The monoisotopic (exact) mass is 369 g/mol. The number of hydrogen-bond acceptors (Lipinski definition) is 3. The summed E-state index contributed by atoms with van der Waals surface area (Å²) in [5.74, 6) is -1.14. The van der Waals surface area contributed by atoms with Gasteiger partial charge in [0.2, 0.25) is 10.0 Å². The first-order valence-corrected chi connectivity index (χ1v) is 9.55. The zero-order valence-electron chi connectivity index (χ0n) is 13.9. The fraction of sp³-hybridized carbons (Fsp3) is 0.333. The van der Waals surface area contributed by atoms with E-state index < -0.39 is 27.8 Å². The highest BCUT2D eigenvalue weighted by Crippen LogP contribution is 2.25. The van der Waals surface area contributed by atoms with Crippen LogP contribution in [-0.4, -0.2) is 26.2 Å². The van der Waals surface area contributed by atoms with Crippen LogP contribution in [0.4, 0.5) is 8.78 Å². The highest BCUT2D eigenvalue weighted by molar-refractivity contribution is 7.89. The van der Waals surface area contributed by atoms with Crippen LogP contribution in [0.3, 0.4) is 0 Å². The Balaban J connectivity index is 2.07. The number of aliphatic hydroxyl groups excluding tert-OH is 1. The highest BCUT2D eigenvalue weighted by atomic mass is 32.2. The second kappa shape index (κ2) is 8.51. The van der Waals surface area contributed by atoms with Crippen LogP contribution in [0.5, 0.6) is 0 Å². The van der Waals surface area contributed by atoms with Gasteiger partial charge in [0.15, 0.2) is 0 Å². The molecular weight excluding hydrogens is 348 g/mol. The Hall–Kier alpha value is -1.83. The molecule has 0 bridgehead atoms. The lowest BCUT2D eigenvalue weighted by Crippen LogP contribution is -2.25. The van der Waals surface area contributed by atoms with Gasteiger partial charge in [0.05, 0.1) is 11.0 Å². The van der Waals surface area contributed by atoms with Crippen molar-refractivity contribution in [2.75, 3.05) is 6.54 Å². The molecular formula is C18H21F2NO3S. The summed E-state index contributed by atoms with van der Waals surface area (Å²) < 4.78 is 53.9. The predicted molar refractivity (Wildman–Crippen MR) is 92.5 cm³/mol. The van der Waals surface area contributed by atoms with E-state index in [0.717, 1.165) is 18.2 Å². The summed E-state index contributed by atoms with van der Waals surface area (Å²) in [4.78, 5) is 0.0455. The van der Waals surface area contributed by atoms with Gasteiger partial charge in [-0.3, -0.25) is 0 Å². The average Bonchev–Trinajstić information content (AvgIpc) is 2.60. The average molecular weight is 369 g/mol. The maximum absolute atomic E-state index is 13.8. The molecule has 0 spiro atoms. The summed E-state index contributed by atoms with van der Waals surface area (Å²) in [5, 5.41) is 9.45. The van der Waals surface area contributed by atoms with E-state index in [9.17, 15) is 22.3 Å². The van der Waals surface area contributed by atoms with Crippen molar-refractivity contribution in [1.29, 1.82) is 0 Å². The van der Waals surface area contributed by atoms with Crippen LogP contribution in [0.15, 0.2) is 47.4 Å². The lowest BCUT2D eigenvalue weighted by Gasteiger charge is -2.10. The Morgan fingerprint density at radius 3 is 2.44 bits per heavy atom. The van der Waals surface area contributed by atoms with E-state index >= 15 is 0 Å². The Morgan fingerprint density at radius 2 is 1.80 bits per heavy atom. The lowest BCUT2D eigenvalue weighted by atomic mass is 10.1. The van der Waals surface area contributed by atoms with Crippen molar-refractivity contribution in [2.45, 2.75) is 37.2 Å². The molecule has 2 aromatic carbocycles. The Labute approximate surface area is 146 Å².